The van der Waals surface area contributed by atoms with E-state index in [0.717, 1.165) is 56.9 Å². The van der Waals surface area contributed by atoms with Crippen molar-refractivity contribution in [1.82, 2.24) is 0 Å². The van der Waals surface area contributed by atoms with E-state index in [-0.39, 0.29) is 5.54 Å². The van der Waals surface area contributed by atoms with Crippen LogP contribution in [-0.2, 0) is 0 Å². The van der Waals surface area contributed by atoms with Crippen LogP contribution in [0.2, 0.25) is 0 Å². The third kappa shape index (κ3) is 7.45. The van der Waals surface area contributed by atoms with Gasteiger partial charge in [-0.25, -0.2) is 0 Å². The first-order valence-corrected chi connectivity index (χ1v) is 18.0. The van der Waals surface area contributed by atoms with Gasteiger partial charge < -0.3 is 10.6 Å². The number of benzene rings is 7. The van der Waals surface area contributed by atoms with Crippen molar-refractivity contribution < 1.29 is 0 Å². The zero-order valence-corrected chi connectivity index (χ0v) is 29.6. The maximum Gasteiger partial charge on any atom is 0.0991 e. The predicted octanol–water partition coefficient (Wildman–Crippen LogP) is 13.2. The molecule has 1 aliphatic rings. The van der Waals surface area contributed by atoms with Crippen LogP contribution >= 0.6 is 0 Å². The van der Waals surface area contributed by atoms with Crippen LogP contribution < -0.4 is 10.6 Å². The SMILES string of the molecule is CC1(Nc2ccc(-c3ccc(Nc4ccc(-c5ccccc5)cc4)c(-c4ccccc4)c3)cc2-c2ccc(C#N)cc2)C=CC(c2ccccc2)=CC1. The van der Waals surface area contributed by atoms with E-state index in [9.17, 15) is 5.26 Å². The molecule has 3 heteroatoms. The third-order valence-electron chi connectivity index (χ3n) is 9.96. The number of hydrogen-bond donors (Lipinski definition) is 2. The fraction of sp³-hybridized carbons (Fsp3) is 0.0600. The highest BCUT2D eigenvalue weighted by molar-refractivity contribution is 5.89. The highest BCUT2D eigenvalue weighted by atomic mass is 15.0. The number of hydrogen-bond acceptors (Lipinski definition) is 3. The molecule has 254 valence electrons. The molecule has 0 spiro atoms. The minimum atomic E-state index is -0.270. The first-order valence-electron chi connectivity index (χ1n) is 18.0. The monoisotopic (exact) mass is 681 g/mol. The summed E-state index contributed by atoms with van der Waals surface area (Å²) in [5.74, 6) is 0. The summed E-state index contributed by atoms with van der Waals surface area (Å²) in [5, 5.41) is 17.1. The van der Waals surface area contributed by atoms with Crippen LogP contribution in [0.4, 0.5) is 17.1 Å². The van der Waals surface area contributed by atoms with Crippen LogP contribution in [0.3, 0.4) is 0 Å². The Morgan fingerprint density at radius 3 is 1.58 bits per heavy atom. The van der Waals surface area contributed by atoms with Gasteiger partial charge in [0.2, 0.25) is 0 Å². The first-order chi connectivity index (χ1) is 26.0. The van der Waals surface area contributed by atoms with Crippen LogP contribution in [0.5, 0.6) is 0 Å². The summed E-state index contributed by atoms with van der Waals surface area (Å²) < 4.78 is 0. The topological polar surface area (TPSA) is 47.8 Å². The Labute approximate surface area is 312 Å². The molecular formula is C50H39N3. The fourth-order valence-electron chi connectivity index (χ4n) is 6.99. The normalized spacial score (nSPS) is 14.9. The molecule has 0 saturated heterocycles. The van der Waals surface area contributed by atoms with Crippen LogP contribution in [0.15, 0.2) is 194 Å². The van der Waals surface area contributed by atoms with Gasteiger partial charge in [-0.1, -0.05) is 146 Å². The van der Waals surface area contributed by atoms with Crippen molar-refractivity contribution in [2.45, 2.75) is 18.9 Å². The lowest BCUT2D eigenvalue weighted by molar-refractivity contribution is 0.643. The predicted molar refractivity (Wildman–Crippen MR) is 223 cm³/mol. The summed E-state index contributed by atoms with van der Waals surface area (Å²) in [6.07, 6.45) is 7.67. The largest absolute Gasteiger partial charge is 0.376 e. The number of nitriles is 1. The van der Waals surface area contributed by atoms with Gasteiger partial charge in [0.1, 0.15) is 0 Å². The zero-order valence-electron chi connectivity index (χ0n) is 29.6. The van der Waals surface area contributed by atoms with E-state index in [4.69, 9.17) is 0 Å². The van der Waals surface area contributed by atoms with Crippen molar-refractivity contribution in [2.75, 3.05) is 10.6 Å². The molecule has 1 atom stereocenters. The van der Waals surface area contributed by atoms with E-state index >= 15 is 0 Å². The van der Waals surface area contributed by atoms with E-state index in [0.29, 0.717) is 5.56 Å². The molecule has 0 bridgehead atoms. The molecule has 7 aromatic rings. The Morgan fingerprint density at radius 2 is 1.00 bits per heavy atom. The van der Waals surface area contributed by atoms with E-state index in [1.54, 1.807) is 0 Å². The van der Waals surface area contributed by atoms with Gasteiger partial charge in [-0.3, -0.25) is 0 Å². The van der Waals surface area contributed by atoms with Crippen molar-refractivity contribution >= 4 is 22.6 Å². The Hall–Kier alpha value is -6.89. The lowest BCUT2D eigenvalue weighted by atomic mass is 9.87. The van der Waals surface area contributed by atoms with Gasteiger partial charge in [-0.05, 0) is 106 Å². The van der Waals surface area contributed by atoms with Gasteiger partial charge in [-0.2, -0.15) is 5.26 Å². The highest BCUT2D eigenvalue weighted by Crippen LogP contribution is 2.40. The van der Waals surface area contributed by atoms with Crippen LogP contribution in [-0.4, -0.2) is 5.54 Å². The minimum Gasteiger partial charge on any atom is -0.376 e. The molecule has 0 fully saturated rings. The van der Waals surface area contributed by atoms with E-state index in [2.05, 4.69) is 187 Å². The number of allylic oxidation sites excluding steroid dienone is 2. The van der Waals surface area contributed by atoms with Crippen LogP contribution in [0.1, 0.15) is 24.5 Å². The number of rotatable bonds is 9. The molecule has 0 aliphatic heterocycles. The number of anilines is 3. The smallest absolute Gasteiger partial charge is 0.0991 e. The molecule has 0 amide bonds. The number of nitrogens with zero attached hydrogens (tertiary/aromatic N) is 1. The van der Waals surface area contributed by atoms with Crippen molar-refractivity contribution in [3.8, 4) is 50.6 Å². The Morgan fingerprint density at radius 1 is 0.509 bits per heavy atom. The molecule has 7 aromatic carbocycles. The second kappa shape index (κ2) is 14.8. The number of nitrogens with one attached hydrogen (secondary N) is 2. The summed E-state index contributed by atoms with van der Waals surface area (Å²) in [5.41, 5.74) is 15.0. The first kappa shape index (κ1) is 33.3. The van der Waals surface area contributed by atoms with E-state index < -0.39 is 0 Å². The van der Waals surface area contributed by atoms with Crippen molar-refractivity contribution in [3.05, 3.63) is 205 Å². The van der Waals surface area contributed by atoms with Gasteiger partial charge in [0, 0.05) is 28.2 Å². The molecule has 0 saturated carbocycles. The summed E-state index contributed by atoms with van der Waals surface area (Å²) in [6.45, 7) is 2.24. The average molecular weight is 682 g/mol. The van der Waals surface area contributed by atoms with Gasteiger partial charge in [0.25, 0.3) is 0 Å². The molecule has 2 N–H and O–H groups in total. The average Bonchev–Trinajstić information content (AvgIpc) is 3.23. The maximum absolute atomic E-state index is 9.51. The van der Waals surface area contributed by atoms with Crippen molar-refractivity contribution in [1.29, 1.82) is 5.26 Å². The molecule has 3 nitrogen and oxygen atoms in total. The van der Waals surface area contributed by atoms with Gasteiger partial charge in [0.15, 0.2) is 0 Å². The summed E-state index contributed by atoms with van der Waals surface area (Å²) >= 11 is 0. The molecule has 1 aliphatic carbocycles. The zero-order chi connectivity index (χ0) is 36.0. The summed E-state index contributed by atoms with van der Waals surface area (Å²) in [7, 11) is 0. The van der Waals surface area contributed by atoms with E-state index in [1.807, 2.05) is 30.3 Å². The standard InChI is InChI=1S/C50H39N3/c1-50(31-29-40(30-32-50)38-13-7-3-8-14-38)53-49-28-24-44(34-47(49)42-19-17-36(35-51)18-20-42)43-23-27-48(46(33-43)41-15-9-4-10-16-41)52-45-25-21-39(22-26-45)37-11-5-2-6-12-37/h2-31,33-34,52-53H,32H2,1H3. The lowest BCUT2D eigenvalue weighted by Crippen LogP contribution is -2.33. The molecule has 0 radical (unpaired) electrons. The molecule has 53 heavy (non-hydrogen) atoms. The quantitative estimate of drug-likeness (QED) is 0.159. The lowest BCUT2D eigenvalue weighted by Gasteiger charge is -2.32. The van der Waals surface area contributed by atoms with Gasteiger partial charge in [-0.15, -0.1) is 0 Å². The Bertz CT molecular complexity index is 2460. The molecule has 0 aromatic heterocycles. The Balaban J connectivity index is 1.13. The second-order valence-electron chi connectivity index (χ2n) is 13.7. The minimum absolute atomic E-state index is 0.270. The molecular weight excluding hydrogens is 643 g/mol. The second-order valence-corrected chi connectivity index (χ2v) is 13.7. The fourth-order valence-corrected chi connectivity index (χ4v) is 6.99. The van der Waals surface area contributed by atoms with Crippen molar-refractivity contribution in [2.24, 2.45) is 0 Å². The van der Waals surface area contributed by atoms with E-state index in [1.165, 1.54) is 22.3 Å². The van der Waals surface area contributed by atoms with Crippen LogP contribution in [0, 0.1) is 11.3 Å². The van der Waals surface area contributed by atoms with Gasteiger partial charge in [0.05, 0.1) is 17.2 Å². The molecule has 8 rings (SSSR count). The van der Waals surface area contributed by atoms with Gasteiger partial charge >= 0.3 is 0 Å². The summed E-state index contributed by atoms with van der Waals surface area (Å²) in [6, 6.07) is 63.6. The molecule has 1 unspecified atom stereocenters. The van der Waals surface area contributed by atoms with Crippen LogP contribution in [0.25, 0.3) is 50.1 Å². The Kier molecular flexibility index (Phi) is 9.26. The van der Waals surface area contributed by atoms with Crippen molar-refractivity contribution in [3.63, 3.8) is 0 Å². The summed E-state index contributed by atoms with van der Waals surface area (Å²) in [4.78, 5) is 0. The third-order valence-corrected chi connectivity index (χ3v) is 9.96. The molecule has 0 heterocycles. The highest BCUT2D eigenvalue weighted by Gasteiger charge is 2.24. The maximum atomic E-state index is 9.51.